The van der Waals surface area contributed by atoms with Crippen molar-refractivity contribution in [2.75, 3.05) is 0 Å². The lowest BCUT2D eigenvalue weighted by molar-refractivity contribution is 0.669. The van der Waals surface area contributed by atoms with Crippen LogP contribution in [0.2, 0.25) is 0 Å². The van der Waals surface area contributed by atoms with Crippen LogP contribution in [-0.4, -0.2) is 0 Å². The SMILES string of the molecule is [2H]c1c([2H])c(-c2ccc(-c3c4ccccc4c(-c4cccc5ccccc45)c4ccccc34)c3ccccc23)c2c(oc3c([2H])c4c([2H])c([2H])c([2H])c([2H])c4c([2H])c32)c1[2H]. The van der Waals surface area contributed by atoms with E-state index in [9.17, 15) is 2.74 Å². The van der Waals surface area contributed by atoms with Gasteiger partial charge in [-0.15, -0.1) is 0 Å². The summed E-state index contributed by atoms with van der Waals surface area (Å²) in [5, 5.41) is 8.19. The molecule has 0 aliphatic heterocycles. The Morgan fingerprint density at radius 3 is 1.55 bits per heavy atom. The number of furan rings is 1. The maximum absolute atomic E-state index is 9.41. The minimum absolute atomic E-state index is 0.0544. The highest BCUT2D eigenvalue weighted by molar-refractivity contribution is 6.26. The van der Waals surface area contributed by atoms with Gasteiger partial charge in [0.2, 0.25) is 0 Å². The molecule has 0 bridgehead atoms. The largest absolute Gasteiger partial charge is 0.456 e. The lowest BCUT2D eigenvalue weighted by Crippen LogP contribution is -1.93. The smallest absolute Gasteiger partial charge is 0.136 e. The molecule has 0 amide bonds. The molecule has 0 aliphatic rings. The van der Waals surface area contributed by atoms with Gasteiger partial charge in [0.25, 0.3) is 0 Å². The van der Waals surface area contributed by atoms with E-state index in [1.54, 1.807) is 0 Å². The summed E-state index contributed by atoms with van der Waals surface area (Å²) in [6.45, 7) is 0. The zero-order chi connectivity index (χ0) is 41.3. The predicted octanol–water partition coefficient (Wildman–Crippen LogP) is 14.4. The van der Waals surface area contributed by atoms with Gasteiger partial charge in [0.15, 0.2) is 0 Å². The van der Waals surface area contributed by atoms with E-state index in [0.29, 0.717) is 5.56 Å². The lowest BCUT2D eigenvalue weighted by Gasteiger charge is -2.20. The van der Waals surface area contributed by atoms with Gasteiger partial charge in [-0.2, -0.15) is 0 Å². The van der Waals surface area contributed by atoms with E-state index < -0.39 is 30.2 Å². The molecule has 11 aromatic rings. The molecule has 51 heavy (non-hydrogen) atoms. The molecule has 1 heterocycles. The zero-order valence-corrected chi connectivity index (χ0v) is 27.0. The van der Waals surface area contributed by atoms with Crippen LogP contribution in [0, 0.1) is 0 Å². The number of fused-ring (bicyclic) bond motifs is 8. The van der Waals surface area contributed by atoms with Crippen LogP contribution in [0.5, 0.6) is 0 Å². The summed E-state index contributed by atoms with van der Waals surface area (Å²) in [5.74, 6) is 0. The fourth-order valence-corrected chi connectivity index (χ4v) is 8.01. The van der Waals surface area contributed by atoms with Gasteiger partial charge < -0.3 is 4.42 Å². The molecule has 0 atom stereocenters. The van der Waals surface area contributed by atoms with Gasteiger partial charge >= 0.3 is 0 Å². The van der Waals surface area contributed by atoms with Crippen molar-refractivity contribution in [1.82, 2.24) is 0 Å². The fourth-order valence-electron chi connectivity index (χ4n) is 8.01. The van der Waals surface area contributed by atoms with Gasteiger partial charge in [-0.25, -0.2) is 0 Å². The van der Waals surface area contributed by atoms with E-state index in [1.165, 1.54) is 0 Å². The summed E-state index contributed by atoms with van der Waals surface area (Å²) in [7, 11) is 0. The van der Waals surface area contributed by atoms with Crippen molar-refractivity contribution in [1.29, 1.82) is 0 Å². The van der Waals surface area contributed by atoms with Crippen molar-refractivity contribution in [3.05, 3.63) is 182 Å². The van der Waals surface area contributed by atoms with Crippen LogP contribution < -0.4 is 0 Å². The van der Waals surface area contributed by atoms with Gasteiger partial charge in [0.1, 0.15) is 11.2 Å². The van der Waals surface area contributed by atoms with Gasteiger partial charge in [0, 0.05) is 10.8 Å². The normalized spacial score (nSPS) is 14.4. The quantitative estimate of drug-likeness (QED) is 0.173. The van der Waals surface area contributed by atoms with E-state index in [-0.39, 0.29) is 62.4 Å². The highest BCUT2D eigenvalue weighted by Gasteiger charge is 2.21. The molecule has 1 aromatic heterocycles. The minimum Gasteiger partial charge on any atom is -0.456 e. The Morgan fingerprint density at radius 1 is 0.333 bits per heavy atom. The van der Waals surface area contributed by atoms with Gasteiger partial charge in [-0.1, -0.05) is 164 Å². The second-order valence-electron chi connectivity index (χ2n) is 12.8. The van der Waals surface area contributed by atoms with Crippen molar-refractivity contribution in [2.45, 2.75) is 0 Å². The first kappa shape index (κ1) is 20.7. The Bertz CT molecular complexity index is 3660. The highest BCUT2D eigenvalue weighted by Crippen LogP contribution is 2.48. The first-order chi connectivity index (χ1) is 29.1. The zero-order valence-electron chi connectivity index (χ0n) is 36.0. The summed E-state index contributed by atoms with van der Waals surface area (Å²) >= 11 is 0. The van der Waals surface area contributed by atoms with E-state index >= 15 is 0 Å². The van der Waals surface area contributed by atoms with Crippen molar-refractivity contribution in [2.24, 2.45) is 0 Å². The first-order valence-electron chi connectivity index (χ1n) is 21.4. The maximum Gasteiger partial charge on any atom is 0.136 e. The molecule has 0 aliphatic carbocycles. The highest BCUT2D eigenvalue weighted by atomic mass is 16.3. The summed E-state index contributed by atoms with van der Waals surface area (Å²) in [6, 6.07) is 39.9. The monoisotopic (exact) mass is 655 g/mol. The fraction of sp³-hybridized carbons (Fsp3) is 0. The lowest BCUT2D eigenvalue weighted by atomic mass is 9.83. The van der Waals surface area contributed by atoms with Crippen molar-refractivity contribution >= 4 is 75.8 Å². The molecule has 10 aromatic carbocycles. The third kappa shape index (κ3) is 4.16. The van der Waals surface area contributed by atoms with E-state index in [4.69, 9.17) is 14.0 Å². The molecule has 0 radical (unpaired) electrons. The summed E-state index contributed by atoms with van der Waals surface area (Å²) in [5.41, 5.74) is 4.83. The molecule has 236 valence electrons. The van der Waals surface area contributed by atoms with Crippen molar-refractivity contribution in [3.8, 4) is 33.4 Å². The molecule has 0 unspecified atom stereocenters. The van der Waals surface area contributed by atoms with Crippen LogP contribution in [0.4, 0.5) is 0 Å². The number of rotatable bonds is 3. The molecule has 0 saturated carbocycles. The third-order valence-electron chi connectivity index (χ3n) is 10.2. The van der Waals surface area contributed by atoms with Gasteiger partial charge in [-0.05, 0) is 105 Å². The Labute approximate surface area is 307 Å². The summed E-state index contributed by atoms with van der Waals surface area (Å²) in [4.78, 5) is 0. The molecule has 1 nitrogen and oxygen atoms in total. The Hall–Kier alpha value is -6.70. The topological polar surface area (TPSA) is 13.1 Å². The molecule has 0 spiro atoms. The Morgan fingerprint density at radius 2 is 0.863 bits per heavy atom. The molecule has 0 N–H and O–H groups in total. The summed E-state index contributed by atoms with van der Waals surface area (Å²) in [6.07, 6.45) is 0. The van der Waals surface area contributed by atoms with Gasteiger partial charge in [0.05, 0.1) is 12.3 Å². The average molecular weight is 656 g/mol. The van der Waals surface area contributed by atoms with E-state index in [0.717, 1.165) is 65.3 Å². The first-order valence-corrected chi connectivity index (χ1v) is 16.9. The molecule has 0 fully saturated rings. The third-order valence-corrected chi connectivity index (χ3v) is 10.2. The minimum atomic E-state index is -0.532. The van der Waals surface area contributed by atoms with Crippen LogP contribution in [0.25, 0.3) is 109 Å². The van der Waals surface area contributed by atoms with E-state index in [1.807, 2.05) is 36.4 Å². The Kier molecular flexibility index (Phi) is 4.43. The molecule has 11 rings (SSSR count). The van der Waals surface area contributed by atoms with Crippen LogP contribution >= 0.6 is 0 Å². The second-order valence-corrected chi connectivity index (χ2v) is 12.8. The molecule has 0 saturated heterocycles. The number of benzene rings is 10. The average Bonchev–Trinajstić information content (AvgIpc) is 3.68. The van der Waals surface area contributed by atoms with Crippen LogP contribution in [-0.2, 0) is 0 Å². The van der Waals surface area contributed by atoms with Gasteiger partial charge in [-0.3, -0.25) is 0 Å². The molecular formula is C50H30O. The number of hydrogen-bond acceptors (Lipinski definition) is 1. The van der Waals surface area contributed by atoms with Crippen LogP contribution in [0.1, 0.15) is 12.3 Å². The van der Waals surface area contributed by atoms with E-state index in [2.05, 4.69) is 91.0 Å². The Balaban J connectivity index is 1.25. The second kappa shape index (κ2) is 10.9. The predicted molar refractivity (Wildman–Crippen MR) is 218 cm³/mol. The van der Waals surface area contributed by atoms with Crippen molar-refractivity contribution in [3.63, 3.8) is 0 Å². The molecular weight excluding hydrogens is 617 g/mol. The molecule has 1 heteroatoms. The van der Waals surface area contributed by atoms with Crippen LogP contribution in [0.3, 0.4) is 0 Å². The summed E-state index contributed by atoms with van der Waals surface area (Å²) < 4.78 is 85.9. The van der Waals surface area contributed by atoms with Crippen LogP contribution in [0.15, 0.2) is 186 Å². The standard InChI is InChI=1S/C50H30O/c1-2-15-33-30-47-45(29-32(33)14-1)50-39(25-12-26-46(50)51-47)37-27-28-44(36-19-6-5-18-35(36)37)49-42-22-9-7-20-40(42)48(41-21-8-10-23-43(41)49)38-24-11-16-31-13-3-4-17-34(31)38/h1-30H/i1D,2D,12D,14D,15D,25D,26D,29D,30D. The maximum atomic E-state index is 9.41. The van der Waals surface area contributed by atoms with Crippen molar-refractivity contribution < 1.29 is 16.8 Å². The number of hydrogen-bond donors (Lipinski definition) is 0.